The van der Waals surface area contributed by atoms with Gasteiger partial charge in [-0.2, -0.15) is 0 Å². The van der Waals surface area contributed by atoms with Crippen molar-refractivity contribution in [2.24, 2.45) is 11.7 Å². The standard InChI is InChI=1S/C10H15NO/c1-2-7-3-4-9-8(10(7)11)5-6-12-9/h5-7,10H,2-4,11H2,1H3/t7-,10-/m0/s1. The van der Waals surface area contributed by atoms with Crippen LogP contribution in [-0.2, 0) is 6.42 Å². The Kier molecular flexibility index (Phi) is 1.93. The summed E-state index contributed by atoms with van der Waals surface area (Å²) in [6.07, 6.45) is 5.17. The van der Waals surface area contributed by atoms with E-state index < -0.39 is 0 Å². The predicted molar refractivity (Wildman–Crippen MR) is 47.7 cm³/mol. The third-order valence-electron chi connectivity index (χ3n) is 2.91. The minimum atomic E-state index is 0.206. The minimum Gasteiger partial charge on any atom is -0.469 e. The van der Waals surface area contributed by atoms with Gasteiger partial charge in [-0.05, 0) is 18.4 Å². The van der Waals surface area contributed by atoms with Crippen LogP contribution in [0.25, 0.3) is 0 Å². The van der Waals surface area contributed by atoms with Crippen molar-refractivity contribution in [2.45, 2.75) is 32.2 Å². The number of hydrogen-bond acceptors (Lipinski definition) is 2. The number of aryl methyl sites for hydroxylation is 1. The number of hydrogen-bond donors (Lipinski definition) is 1. The molecule has 2 rings (SSSR count). The van der Waals surface area contributed by atoms with Gasteiger partial charge in [0.15, 0.2) is 0 Å². The van der Waals surface area contributed by atoms with Gasteiger partial charge in [-0.1, -0.05) is 13.3 Å². The molecule has 1 aromatic rings. The van der Waals surface area contributed by atoms with Crippen LogP contribution in [0.15, 0.2) is 16.7 Å². The summed E-state index contributed by atoms with van der Waals surface area (Å²) in [5.74, 6) is 1.75. The zero-order valence-electron chi connectivity index (χ0n) is 7.42. The van der Waals surface area contributed by atoms with Gasteiger partial charge in [0, 0.05) is 18.0 Å². The molecule has 12 heavy (non-hydrogen) atoms. The van der Waals surface area contributed by atoms with E-state index in [2.05, 4.69) is 6.92 Å². The summed E-state index contributed by atoms with van der Waals surface area (Å²) < 4.78 is 5.34. The number of nitrogens with two attached hydrogens (primary N) is 1. The molecule has 1 heterocycles. The average Bonchev–Trinajstić information content (AvgIpc) is 2.53. The predicted octanol–water partition coefficient (Wildman–Crippen LogP) is 2.25. The summed E-state index contributed by atoms with van der Waals surface area (Å²) in [5.41, 5.74) is 7.32. The average molecular weight is 165 g/mol. The van der Waals surface area contributed by atoms with Crippen molar-refractivity contribution in [1.82, 2.24) is 0 Å². The molecule has 0 unspecified atom stereocenters. The van der Waals surface area contributed by atoms with Crippen LogP contribution in [-0.4, -0.2) is 0 Å². The summed E-state index contributed by atoms with van der Waals surface area (Å²) >= 11 is 0. The van der Waals surface area contributed by atoms with Crippen LogP contribution in [0, 0.1) is 5.92 Å². The highest BCUT2D eigenvalue weighted by molar-refractivity contribution is 5.24. The largest absolute Gasteiger partial charge is 0.469 e. The second kappa shape index (κ2) is 2.94. The maximum absolute atomic E-state index is 6.09. The number of furan rings is 1. The van der Waals surface area contributed by atoms with E-state index in [-0.39, 0.29) is 6.04 Å². The molecule has 0 bridgehead atoms. The monoisotopic (exact) mass is 165 g/mol. The Labute approximate surface area is 72.7 Å². The van der Waals surface area contributed by atoms with E-state index in [1.165, 1.54) is 18.4 Å². The smallest absolute Gasteiger partial charge is 0.108 e. The van der Waals surface area contributed by atoms with Crippen LogP contribution < -0.4 is 5.73 Å². The van der Waals surface area contributed by atoms with Gasteiger partial charge in [0.25, 0.3) is 0 Å². The lowest BCUT2D eigenvalue weighted by atomic mass is 9.82. The fourth-order valence-electron chi connectivity index (χ4n) is 2.06. The summed E-state index contributed by atoms with van der Waals surface area (Å²) in [4.78, 5) is 0. The molecule has 2 nitrogen and oxygen atoms in total. The SMILES string of the molecule is CC[C@H]1CCc2occc2[C@H]1N. The van der Waals surface area contributed by atoms with E-state index >= 15 is 0 Å². The Hall–Kier alpha value is -0.760. The lowest BCUT2D eigenvalue weighted by Crippen LogP contribution is -2.25. The zero-order valence-corrected chi connectivity index (χ0v) is 7.42. The molecule has 0 saturated heterocycles. The first kappa shape index (κ1) is 7.87. The molecule has 2 atom stereocenters. The Bertz CT molecular complexity index is 267. The van der Waals surface area contributed by atoms with Crippen molar-refractivity contribution >= 4 is 0 Å². The fraction of sp³-hybridized carbons (Fsp3) is 0.600. The quantitative estimate of drug-likeness (QED) is 0.693. The van der Waals surface area contributed by atoms with E-state index in [1.54, 1.807) is 6.26 Å². The Balaban J connectivity index is 2.29. The second-order valence-electron chi connectivity index (χ2n) is 3.53. The molecule has 66 valence electrons. The molecular weight excluding hydrogens is 150 g/mol. The first-order valence-corrected chi connectivity index (χ1v) is 4.64. The first-order valence-electron chi connectivity index (χ1n) is 4.64. The van der Waals surface area contributed by atoms with Crippen molar-refractivity contribution in [3.63, 3.8) is 0 Å². The molecule has 2 heteroatoms. The molecule has 2 N–H and O–H groups in total. The van der Waals surface area contributed by atoms with Gasteiger partial charge < -0.3 is 10.2 Å². The van der Waals surface area contributed by atoms with Crippen molar-refractivity contribution in [3.05, 3.63) is 23.7 Å². The van der Waals surface area contributed by atoms with E-state index in [4.69, 9.17) is 10.2 Å². The molecule has 0 aromatic carbocycles. The number of rotatable bonds is 1. The Morgan fingerprint density at radius 3 is 3.25 bits per heavy atom. The normalized spacial score (nSPS) is 28.5. The minimum absolute atomic E-state index is 0.206. The molecule has 0 saturated carbocycles. The van der Waals surface area contributed by atoms with Gasteiger partial charge in [-0.25, -0.2) is 0 Å². The molecule has 1 aliphatic carbocycles. The maximum atomic E-state index is 6.09. The van der Waals surface area contributed by atoms with E-state index in [0.29, 0.717) is 5.92 Å². The molecule has 1 aliphatic rings. The summed E-state index contributed by atoms with van der Waals surface area (Å²) in [6.45, 7) is 2.20. The van der Waals surface area contributed by atoms with E-state index in [0.717, 1.165) is 12.2 Å². The van der Waals surface area contributed by atoms with Gasteiger partial charge in [0.1, 0.15) is 5.76 Å². The molecule has 0 spiro atoms. The van der Waals surface area contributed by atoms with Crippen molar-refractivity contribution in [3.8, 4) is 0 Å². The zero-order chi connectivity index (χ0) is 8.55. The van der Waals surface area contributed by atoms with Gasteiger partial charge in [-0.15, -0.1) is 0 Å². The van der Waals surface area contributed by atoms with Crippen molar-refractivity contribution in [2.75, 3.05) is 0 Å². The third-order valence-corrected chi connectivity index (χ3v) is 2.91. The molecular formula is C10H15NO. The summed E-state index contributed by atoms with van der Waals surface area (Å²) in [5, 5.41) is 0. The third kappa shape index (κ3) is 1.07. The van der Waals surface area contributed by atoms with Gasteiger partial charge in [0.05, 0.1) is 6.26 Å². The first-order chi connectivity index (χ1) is 5.83. The van der Waals surface area contributed by atoms with Crippen LogP contribution in [0.5, 0.6) is 0 Å². The highest BCUT2D eigenvalue weighted by Crippen LogP contribution is 2.34. The van der Waals surface area contributed by atoms with E-state index in [9.17, 15) is 0 Å². The lowest BCUT2D eigenvalue weighted by molar-refractivity contribution is 0.340. The summed E-state index contributed by atoms with van der Waals surface area (Å²) in [6, 6.07) is 2.22. The van der Waals surface area contributed by atoms with Crippen LogP contribution in [0.4, 0.5) is 0 Å². The van der Waals surface area contributed by atoms with Crippen molar-refractivity contribution in [1.29, 1.82) is 0 Å². The molecule has 1 aromatic heterocycles. The highest BCUT2D eigenvalue weighted by atomic mass is 16.3. The van der Waals surface area contributed by atoms with Gasteiger partial charge in [-0.3, -0.25) is 0 Å². The van der Waals surface area contributed by atoms with Crippen LogP contribution >= 0.6 is 0 Å². The fourth-order valence-corrected chi connectivity index (χ4v) is 2.06. The topological polar surface area (TPSA) is 39.2 Å². The molecule has 0 aliphatic heterocycles. The van der Waals surface area contributed by atoms with Crippen LogP contribution in [0.1, 0.15) is 37.1 Å². The van der Waals surface area contributed by atoms with E-state index in [1.807, 2.05) is 6.07 Å². The van der Waals surface area contributed by atoms with Crippen LogP contribution in [0.3, 0.4) is 0 Å². The Morgan fingerprint density at radius 1 is 1.67 bits per heavy atom. The van der Waals surface area contributed by atoms with Gasteiger partial charge >= 0.3 is 0 Å². The number of fused-ring (bicyclic) bond motifs is 1. The molecule has 0 amide bonds. The lowest BCUT2D eigenvalue weighted by Gasteiger charge is -2.26. The van der Waals surface area contributed by atoms with Crippen LogP contribution in [0.2, 0.25) is 0 Å². The van der Waals surface area contributed by atoms with Gasteiger partial charge in [0.2, 0.25) is 0 Å². The second-order valence-corrected chi connectivity index (χ2v) is 3.53. The summed E-state index contributed by atoms with van der Waals surface area (Å²) in [7, 11) is 0. The maximum Gasteiger partial charge on any atom is 0.108 e. The van der Waals surface area contributed by atoms with Crippen molar-refractivity contribution < 1.29 is 4.42 Å². The molecule has 0 fully saturated rings. The molecule has 0 radical (unpaired) electrons. The Morgan fingerprint density at radius 2 is 2.50 bits per heavy atom. The highest BCUT2D eigenvalue weighted by Gasteiger charge is 2.26.